The molecule has 2 aromatic rings. The zero-order valence-corrected chi connectivity index (χ0v) is 12.7. The van der Waals surface area contributed by atoms with Gasteiger partial charge >= 0.3 is 0 Å². The highest BCUT2D eigenvalue weighted by molar-refractivity contribution is 5.95. The van der Waals surface area contributed by atoms with Crippen molar-refractivity contribution in [1.82, 2.24) is 25.4 Å². The summed E-state index contributed by atoms with van der Waals surface area (Å²) < 4.78 is 1.61. The van der Waals surface area contributed by atoms with Gasteiger partial charge < -0.3 is 10.6 Å². The van der Waals surface area contributed by atoms with Crippen LogP contribution in [0.5, 0.6) is 0 Å². The quantitative estimate of drug-likeness (QED) is 0.820. The van der Waals surface area contributed by atoms with Gasteiger partial charge in [0.15, 0.2) is 0 Å². The fraction of sp³-hybridized carbons (Fsp3) is 0.333. The lowest BCUT2D eigenvalue weighted by Gasteiger charge is -2.07. The van der Waals surface area contributed by atoms with Crippen LogP contribution in [0, 0.1) is 6.92 Å². The van der Waals surface area contributed by atoms with Crippen molar-refractivity contribution < 1.29 is 9.59 Å². The van der Waals surface area contributed by atoms with Crippen LogP contribution in [0.15, 0.2) is 30.5 Å². The highest BCUT2D eigenvalue weighted by atomic mass is 16.2. The third-order valence-electron chi connectivity index (χ3n) is 3.04. The van der Waals surface area contributed by atoms with Gasteiger partial charge in [0.2, 0.25) is 5.91 Å². The van der Waals surface area contributed by atoms with E-state index in [0.717, 1.165) is 11.4 Å². The molecule has 0 unspecified atom stereocenters. The Morgan fingerprint density at radius 1 is 1.27 bits per heavy atom. The molecule has 0 atom stereocenters. The van der Waals surface area contributed by atoms with Crippen molar-refractivity contribution in [1.29, 1.82) is 0 Å². The molecule has 2 N–H and O–H groups in total. The molecule has 0 aliphatic rings. The highest BCUT2D eigenvalue weighted by Gasteiger charge is 2.13. The Morgan fingerprint density at radius 2 is 2.09 bits per heavy atom. The number of aromatic nitrogens is 3. The van der Waals surface area contributed by atoms with E-state index in [1.807, 2.05) is 32.0 Å². The largest absolute Gasteiger partial charge is 0.349 e. The molecule has 2 aromatic heterocycles. The van der Waals surface area contributed by atoms with Crippen LogP contribution in [0.4, 0.5) is 0 Å². The van der Waals surface area contributed by atoms with Crippen LogP contribution in [-0.2, 0) is 17.9 Å². The van der Waals surface area contributed by atoms with Crippen LogP contribution in [-0.4, -0.2) is 33.1 Å². The van der Waals surface area contributed by atoms with Gasteiger partial charge in [0.1, 0.15) is 5.69 Å². The van der Waals surface area contributed by atoms with Crippen LogP contribution in [0.3, 0.4) is 0 Å². The van der Waals surface area contributed by atoms with Gasteiger partial charge in [0.25, 0.3) is 5.91 Å². The summed E-state index contributed by atoms with van der Waals surface area (Å²) in [6.45, 7) is 4.58. The van der Waals surface area contributed by atoms with Gasteiger partial charge in [-0.25, -0.2) is 0 Å². The summed E-state index contributed by atoms with van der Waals surface area (Å²) in [6, 6.07) is 7.18. The summed E-state index contributed by atoms with van der Waals surface area (Å²) in [7, 11) is 0. The van der Waals surface area contributed by atoms with E-state index in [4.69, 9.17) is 0 Å². The molecule has 0 radical (unpaired) electrons. The summed E-state index contributed by atoms with van der Waals surface area (Å²) in [5.74, 6) is -0.575. The third kappa shape index (κ3) is 4.15. The SMILES string of the molecule is CCn1nc(C)cc1C(=O)NCC(=O)NCc1ccccn1. The molecule has 2 rings (SSSR count). The number of amides is 2. The van der Waals surface area contributed by atoms with Crippen molar-refractivity contribution in [3.63, 3.8) is 0 Å². The second-order valence-corrected chi connectivity index (χ2v) is 4.77. The Bertz CT molecular complexity index is 651. The standard InChI is InChI=1S/C15H19N5O2/c1-3-20-13(8-11(2)19-20)15(22)18-10-14(21)17-9-12-6-4-5-7-16-12/h4-8H,3,9-10H2,1-2H3,(H,17,21)(H,18,22). The van der Waals surface area contributed by atoms with Gasteiger partial charge in [-0.3, -0.25) is 19.3 Å². The van der Waals surface area contributed by atoms with Crippen molar-refractivity contribution in [2.45, 2.75) is 26.9 Å². The molecule has 0 spiro atoms. The van der Waals surface area contributed by atoms with Crippen molar-refractivity contribution in [3.05, 3.63) is 47.5 Å². The monoisotopic (exact) mass is 301 g/mol. The van der Waals surface area contributed by atoms with Gasteiger partial charge in [-0.05, 0) is 32.0 Å². The van der Waals surface area contributed by atoms with E-state index in [0.29, 0.717) is 18.8 Å². The lowest BCUT2D eigenvalue weighted by Crippen LogP contribution is -2.37. The van der Waals surface area contributed by atoms with E-state index in [2.05, 4.69) is 20.7 Å². The molecule has 0 fully saturated rings. The zero-order valence-electron chi connectivity index (χ0n) is 12.7. The molecular weight excluding hydrogens is 282 g/mol. The number of carbonyl (C=O) groups is 2. The van der Waals surface area contributed by atoms with Gasteiger partial charge in [-0.1, -0.05) is 6.07 Å². The molecule has 0 bridgehead atoms. The number of pyridine rings is 1. The molecule has 0 aliphatic carbocycles. The smallest absolute Gasteiger partial charge is 0.269 e. The first-order valence-corrected chi connectivity index (χ1v) is 7.09. The molecule has 7 nitrogen and oxygen atoms in total. The summed E-state index contributed by atoms with van der Waals surface area (Å²) in [4.78, 5) is 27.9. The molecule has 7 heteroatoms. The Morgan fingerprint density at radius 3 is 2.77 bits per heavy atom. The third-order valence-corrected chi connectivity index (χ3v) is 3.04. The number of carbonyl (C=O) groups excluding carboxylic acids is 2. The number of hydrogen-bond acceptors (Lipinski definition) is 4. The number of aryl methyl sites for hydroxylation is 2. The van der Waals surface area contributed by atoms with Gasteiger partial charge in [-0.2, -0.15) is 5.10 Å². The van der Waals surface area contributed by atoms with Crippen molar-refractivity contribution in [2.24, 2.45) is 0 Å². The normalized spacial score (nSPS) is 10.3. The molecule has 0 aliphatic heterocycles. The Hall–Kier alpha value is -2.70. The van der Waals surface area contributed by atoms with Crippen LogP contribution in [0.2, 0.25) is 0 Å². The lowest BCUT2D eigenvalue weighted by molar-refractivity contribution is -0.120. The van der Waals surface area contributed by atoms with Crippen molar-refractivity contribution >= 4 is 11.8 Å². The first-order chi connectivity index (χ1) is 10.6. The number of nitrogens with zero attached hydrogens (tertiary/aromatic N) is 3. The maximum absolute atomic E-state index is 12.1. The topological polar surface area (TPSA) is 88.9 Å². The molecule has 116 valence electrons. The molecule has 0 saturated carbocycles. The van der Waals surface area contributed by atoms with Crippen LogP contribution >= 0.6 is 0 Å². The second-order valence-electron chi connectivity index (χ2n) is 4.77. The fourth-order valence-corrected chi connectivity index (χ4v) is 1.97. The zero-order chi connectivity index (χ0) is 15.9. The van der Waals surface area contributed by atoms with Gasteiger partial charge in [0, 0.05) is 12.7 Å². The Labute approximate surface area is 128 Å². The van der Waals surface area contributed by atoms with E-state index >= 15 is 0 Å². The first kappa shape index (κ1) is 15.7. The van der Waals surface area contributed by atoms with Crippen LogP contribution in [0.1, 0.15) is 28.8 Å². The molecule has 0 saturated heterocycles. The summed E-state index contributed by atoms with van der Waals surface area (Å²) in [6.07, 6.45) is 1.66. The van der Waals surface area contributed by atoms with Crippen molar-refractivity contribution in [2.75, 3.05) is 6.54 Å². The second kappa shape index (κ2) is 7.35. The Balaban J connectivity index is 1.81. The first-order valence-electron chi connectivity index (χ1n) is 7.09. The number of rotatable bonds is 6. The average Bonchev–Trinajstić information content (AvgIpc) is 2.92. The highest BCUT2D eigenvalue weighted by Crippen LogP contribution is 2.03. The summed E-state index contributed by atoms with van der Waals surface area (Å²) >= 11 is 0. The number of nitrogens with one attached hydrogen (secondary N) is 2. The van der Waals surface area contributed by atoms with E-state index in [9.17, 15) is 9.59 Å². The van der Waals surface area contributed by atoms with Gasteiger partial charge in [0.05, 0.1) is 24.5 Å². The lowest BCUT2D eigenvalue weighted by atomic mass is 10.3. The van der Waals surface area contributed by atoms with Crippen molar-refractivity contribution in [3.8, 4) is 0 Å². The molecular formula is C15H19N5O2. The maximum Gasteiger partial charge on any atom is 0.269 e. The summed E-state index contributed by atoms with van der Waals surface area (Å²) in [5.41, 5.74) is 1.99. The van der Waals surface area contributed by atoms with E-state index in [1.54, 1.807) is 16.9 Å². The number of hydrogen-bond donors (Lipinski definition) is 2. The minimum atomic E-state index is -0.310. The minimum Gasteiger partial charge on any atom is -0.349 e. The molecule has 22 heavy (non-hydrogen) atoms. The maximum atomic E-state index is 12.1. The van der Waals surface area contributed by atoms with E-state index in [-0.39, 0.29) is 18.4 Å². The van der Waals surface area contributed by atoms with Gasteiger partial charge in [-0.15, -0.1) is 0 Å². The van der Waals surface area contributed by atoms with E-state index < -0.39 is 0 Å². The minimum absolute atomic E-state index is 0.0837. The summed E-state index contributed by atoms with van der Waals surface area (Å²) in [5, 5.41) is 9.49. The fourth-order valence-electron chi connectivity index (χ4n) is 1.97. The van der Waals surface area contributed by atoms with Crippen LogP contribution < -0.4 is 10.6 Å². The van der Waals surface area contributed by atoms with Crippen LogP contribution in [0.25, 0.3) is 0 Å². The Kier molecular flexibility index (Phi) is 5.24. The molecule has 2 heterocycles. The predicted molar refractivity (Wildman–Crippen MR) is 81.1 cm³/mol. The van der Waals surface area contributed by atoms with E-state index in [1.165, 1.54) is 0 Å². The average molecular weight is 301 g/mol. The molecule has 2 amide bonds. The molecule has 0 aromatic carbocycles. The predicted octanol–water partition coefficient (Wildman–Crippen LogP) is 0.653.